The fraction of sp³-hybridized carbons (Fsp3) is 0.491. The quantitative estimate of drug-likeness (QED) is 0.116. The number of carbonyl (C=O) groups is 3. The summed E-state index contributed by atoms with van der Waals surface area (Å²) in [6.07, 6.45) is 15.0. The standard InChI is InChI=1S/C55H59FN10O5/c1-2-33-4-3-5-34-21-41(67)22-43(47(33)34)49-48(56)50-44(23-57-49)51(65-28-38-6-7-39(29-65)58-38)61-54(60-50)71-31-55(12-13-55)30-63-25-35-18-32(19-36(35)26-63)24-62-14-16-64(17-15-62)40-8-9-42-37(20-40)27-66(53(42)70)45-10-11-46(68)59-52(45)69/h1,3-5,8-9,20-23,32,35-36,38-39,45,58,67H,6-7,10-19,24-31H2,(H,59,68,69)/t32-,35-,36+,38?,39?,45-/m0/s1. The maximum absolute atomic E-state index is 17.2. The lowest BCUT2D eigenvalue weighted by Crippen LogP contribution is -2.52. The van der Waals surface area contributed by atoms with E-state index in [0.29, 0.717) is 88.1 Å². The van der Waals surface area contributed by atoms with E-state index in [4.69, 9.17) is 21.1 Å². The summed E-state index contributed by atoms with van der Waals surface area (Å²) in [5, 5.41) is 18.7. The van der Waals surface area contributed by atoms with Crippen molar-refractivity contribution in [2.75, 3.05) is 81.9 Å². The van der Waals surface area contributed by atoms with Crippen LogP contribution >= 0.6 is 0 Å². The maximum atomic E-state index is 17.2. The predicted molar refractivity (Wildman–Crippen MR) is 266 cm³/mol. The number of nitrogens with one attached hydrogen (secondary N) is 2. The number of aromatic hydroxyl groups is 1. The molecule has 7 fully saturated rings. The van der Waals surface area contributed by atoms with Crippen molar-refractivity contribution >= 4 is 50.9 Å². The number of phenols is 1. The third kappa shape index (κ3) is 8.19. The molecule has 2 unspecified atom stereocenters. The number of carbonyl (C=O) groups excluding carboxylic acids is 3. The first kappa shape index (κ1) is 44.5. The molecule has 3 aromatic carbocycles. The average Bonchev–Trinajstić information content (AvgIpc) is 3.52. The van der Waals surface area contributed by atoms with E-state index in [9.17, 15) is 19.5 Å². The van der Waals surface area contributed by atoms with E-state index in [0.717, 1.165) is 102 Å². The first-order valence-corrected chi connectivity index (χ1v) is 25.7. The number of hydrogen-bond acceptors (Lipinski definition) is 13. The number of piperidine rings is 1. The van der Waals surface area contributed by atoms with Crippen LogP contribution in [0, 0.1) is 41.3 Å². The van der Waals surface area contributed by atoms with Crippen LogP contribution in [-0.4, -0.2) is 143 Å². The number of fused-ring (bicyclic) bond motifs is 6. The van der Waals surface area contributed by atoms with E-state index in [-0.39, 0.29) is 52.5 Å². The van der Waals surface area contributed by atoms with Gasteiger partial charge in [0.2, 0.25) is 11.8 Å². The lowest BCUT2D eigenvalue weighted by atomic mass is 9.96. The van der Waals surface area contributed by atoms with E-state index in [1.54, 1.807) is 17.2 Å². The van der Waals surface area contributed by atoms with Gasteiger partial charge in [-0.15, -0.1) is 6.42 Å². The fourth-order valence-electron chi connectivity index (χ4n) is 13.5. The molecule has 3 N–H and O–H groups in total. The van der Waals surface area contributed by atoms with Gasteiger partial charge >= 0.3 is 6.01 Å². The molecule has 2 aliphatic carbocycles. The van der Waals surface area contributed by atoms with Crippen molar-refractivity contribution < 1.29 is 28.6 Å². The van der Waals surface area contributed by atoms with Gasteiger partial charge in [0.1, 0.15) is 28.8 Å². The summed E-state index contributed by atoms with van der Waals surface area (Å²) in [4.78, 5) is 63.6. The van der Waals surface area contributed by atoms with Gasteiger partial charge in [0.25, 0.3) is 5.91 Å². The van der Waals surface area contributed by atoms with Gasteiger partial charge in [-0.2, -0.15) is 9.97 Å². The van der Waals surface area contributed by atoms with Crippen LogP contribution in [0.5, 0.6) is 11.8 Å². The van der Waals surface area contributed by atoms with Crippen LogP contribution in [0.2, 0.25) is 0 Å². The molecule has 8 aliphatic rings. The number of amides is 3. The molecule has 71 heavy (non-hydrogen) atoms. The SMILES string of the molecule is C#Cc1cccc2cc(O)cc(-c3ncc4c(N5CC6CCC(C5)N6)nc(OCC5(CN6C[C@H]7C[C@@H](CN8CCN(c9ccc%10c(c9)CN([C@H]9CCC(=O)NC9=O)C%10=O)CC8)C[C@H]7C6)CC5)nc4c3F)c12. The number of imide groups is 1. The van der Waals surface area contributed by atoms with Crippen molar-refractivity contribution in [1.29, 1.82) is 0 Å². The highest BCUT2D eigenvalue weighted by Gasteiger charge is 2.49. The topological polar surface area (TPSA) is 160 Å². The van der Waals surface area contributed by atoms with Gasteiger partial charge in [-0.1, -0.05) is 18.1 Å². The smallest absolute Gasteiger partial charge is 0.319 e. The number of aromatic nitrogens is 3. The molecule has 366 valence electrons. The van der Waals surface area contributed by atoms with E-state index in [2.05, 4.69) is 47.2 Å². The van der Waals surface area contributed by atoms with E-state index < -0.39 is 11.9 Å². The van der Waals surface area contributed by atoms with Crippen molar-refractivity contribution in [3.8, 4) is 35.4 Å². The Morgan fingerprint density at radius 2 is 1.68 bits per heavy atom. The molecule has 3 amide bonds. The molecule has 6 aliphatic heterocycles. The predicted octanol–water partition coefficient (Wildman–Crippen LogP) is 5.31. The van der Waals surface area contributed by atoms with Crippen LogP contribution in [-0.2, 0) is 16.1 Å². The van der Waals surface area contributed by atoms with Gasteiger partial charge in [0.05, 0.1) is 12.0 Å². The normalized spacial score (nSPS) is 27.1. The molecule has 0 spiro atoms. The van der Waals surface area contributed by atoms with E-state index in [1.807, 2.05) is 30.3 Å². The summed E-state index contributed by atoms with van der Waals surface area (Å²) in [5.74, 6) is 4.08. The van der Waals surface area contributed by atoms with Crippen LogP contribution in [0.4, 0.5) is 15.9 Å². The second-order valence-electron chi connectivity index (χ2n) is 22.0. The van der Waals surface area contributed by atoms with Crippen LogP contribution < -0.4 is 25.2 Å². The molecule has 8 heterocycles. The average molecular weight is 959 g/mol. The number of rotatable bonds is 11. The van der Waals surface area contributed by atoms with Gasteiger partial charge in [0.15, 0.2) is 5.82 Å². The molecule has 0 radical (unpaired) electrons. The van der Waals surface area contributed by atoms with Crippen molar-refractivity contribution in [3.63, 3.8) is 0 Å². The van der Waals surface area contributed by atoms with Crippen LogP contribution in [0.15, 0.2) is 54.7 Å². The number of ether oxygens (including phenoxy) is 1. The summed E-state index contributed by atoms with van der Waals surface area (Å²) in [5.41, 5.74) is 3.93. The molecule has 5 aromatic rings. The molecule has 5 saturated heterocycles. The monoisotopic (exact) mass is 958 g/mol. The Labute approximate surface area is 412 Å². The van der Waals surface area contributed by atoms with Crippen molar-refractivity contribution in [2.24, 2.45) is 23.2 Å². The molecule has 13 rings (SSSR count). The minimum Gasteiger partial charge on any atom is -0.508 e. The number of phenolic OH excluding ortho intramolecular Hbond substituents is 1. The number of anilines is 2. The number of nitrogens with zero attached hydrogens (tertiary/aromatic N) is 8. The second-order valence-corrected chi connectivity index (χ2v) is 22.0. The highest BCUT2D eigenvalue weighted by molar-refractivity contribution is 6.06. The summed E-state index contributed by atoms with van der Waals surface area (Å²) in [6.45, 7) is 10.6. The number of benzene rings is 3. The van der Waals surface area contributed by atoms with E-state index in [1.165, 1.54) is 18.9 Å². The third-order valence-corrected chi connectivity index (χ3v) is 17.2. The Morgan fingerprint density at radius 1 is 0.887 bits per heavy atom. The Balaban J connectivity index is 0.640. The molecule has 2 aromatic heterocycles. The van der Waals surface area contributed by atoms with Crippen LogP contribution in [0.25, 0.3) is 32.9 Å². The van der Waals surface area contributed by atoms with Crippen LogP contribution in [0.1, 0.15) is 72.9 Å². The largest absolute Gasteiger partial charge is 0.508 e. The number of halogens is 1. The Kier molecular flexibility index (Phi) is 10.9. The minimum absolute atomic E-state index is 0.00683. The molecule has 2 saturated carbocycles. The van der Waals surface area contributed by atoms with Crippen molar-refractivity contribution in [3.05, 3.63) is 77.2 Å². The van der Waals surface area contributed by atoms with Gasteiger partial charge in [-0.05, 0) is 110 Å². The summed E-state index contributed by atoms with van der Waals surface area (Å²) in [7, 11) is 0. The van der Waals surface area contributed by atoms with Gasteiger partial charge in [-0.3, -0.25) is 29.6 Å². The molecule has 15 nitrogen and oxygen atoms in total. The Bertz CT molecular complexity index is 3030. The zero-order valence-electron chi connectivity index (χ0n) is 39.9. The van der Waals surface area contributed by atoms with Crippen molar-refractivity contribution in [2.45, 2.75) is 76.0 Å². The van der Waals surface area contributed by atoms with E-state index >= 15 is 4.39 Å². The lowest BCUT2D eigenvalue weighted by Gasteiger charge is -2.37. The number of hydrogen-bond donors (Lipinski definition) is 3. The number of terminal acetylenes is 1. The maximum Gasteiger partial charge on any atom is 0.319 e. The minimum atomic E-state index is -0.605. The number of pyridine rings is 1. The first-order valence-electron chi connectivity index (χ1n) is 25.7. The zero-order chi connectivity index (χ0) is 48.1. The third-order valence-electron chi connectivity index (χ3n) is 17.2. The van der Waals surface area contributed by atoms with Crippen LogP contribution in [0.3, 0.4) is 0 Å². The zero-order valence-corrected chi connectivity index (χ0v) is 39.9. The highest BCUT2D eigenvalue weighted by atomic mass is 19.1. The summed E-state index contributed by atoms with van der Waals surface area (Å²) in [6, 6.07) is 14.9. The Morgan fingerprint density at radius 3 is 2.42 bits per heavy atom. The first-order chi connectivity index (χ1) is 34.5. The summed E-state index contributed by atoms with van der Waals surface area (Å²) < 4.78 is 23.7. The number of likely N-dealkylation sites (tertiary alicyclic amines) is 1. The molecule has 2 bridgehead atoms. The highest BCUT2D eigenvalue weighted by Crippen LogP contribution is 2.50. The van der Waals surface area contributed by atoms with Gasteiger partial charge in [-0.25, -0.2) is 4.39 Å². The van der Waals surface area contributed by atoms with Gasteiger partial charge < -0.3 is 34.8 Å². The number of piperazine rings is 2. The lowest BCUT2D eigenvalue weighted by molar-refractivity contribution is -0.136. The van der Waals surface area contributed by atoms with Crippen molar-refractivity contribution in [1.82, 2.24) is 40.3 Å². The fourth-order valence-corrected chi connectivity index (χ4v) is 13.5. The molecule has 6 atom stereocenters. The Hall–Kier alpha value is -6.41. The molecular weight excluding hydrogens is 900 g/mol. The molecule has 16 heteroatoms. The summed E-state index contributed by atoms with van der Waals surface area (Å²) >= 11 is 0. The molecular formula is C55H59FN10O5. The second kappa shape index (κ2) is 17.4. The van der Waals surface area contributed by atoms with Gasteiger partial charge in [0, 0.05) is 130 Å².